The molecule has 1 aliphatic heterocycles. The number of hydrogen-bond donors (Lipinski definition) is 0. The van der Waals surface area contributed by atoms with Gasteiger partial charge in [0.2, 0.25) is 0 Å². The molecule has 0 aromatic heterocycles. The third kappa shape index (κ3) is 3.68. The Morgan fingerprint density at radius 1 is 1.29 bits per heavy atom. The minimum absolute atomic E-state index is 0.402. The van der Waals surface area contributed by atoms with Crippen molar-refractivity contribution in [2.75, 3.05) is 7.11 Å². The number of rotatable bonds is 6. The second-order valence-electron chi connectivity index (χ2n) is 5.81. The lowest BCUT2D eigenvalue weighted by Gasteiger charge is -2.28. The van der Waals surface area contributed by atoms with Crippen LogP contribution in [0.15, 0.2) is 53.0 Å². The maximum atomic E-state index is 12.3. The highest BCUT2D eigenvalue weighted by molar-refractivity contribution is 5.92. The number of methoxy groups -OCH3 is 1. The van der Waals surface area contributed by atoms with Crippen LogP contribution in [0, 0.1) is 11.3 Å². The lowest BCUT2D eigenvalue weighted by molar-refractivity contribution is -0.136. The van der Waals surface area contributed by atoms with Crippen LogP contribution >= 0.6 is 0 Å². The molecular formula is C20H23NO3. The van der Waals surface area contributed by atoms with Crippen LogP contribution in [0.4, 0.5) is 0 Å². The van der Waals surface area contributed by atoms with Gasteiger partial charge in [-0.1, -0.05) is 50.1 Å². The Kier molecular flexibility index (Phi) is 6.20. The molecule has 0 saturated heterocycles. The predicted molar refractivity (Wildman–Crippen MR) is 91.8 cm³/mol. The molecule has 1 atom stereocenters. The largest absolute Gasteiger partial charge is 0.466 e. The van der Waals surface area contributed by atoms with Crippen LogP contribution in [-0.4, -0.2) is 13.1 Å². The Morgan fingerprint density at radius 2 is 2.00 bits per heavy atom. The van der Waals surface area contributed by atoms with Crippen LogP contribution in [0.1, 0.15) is 51.0 Å². The van der Waals surface area contributed by atoms with E-state index in [9.17, 15) is 10.1 Å². The number of benzene rings is 1. The van der Waals surface area contributed by atoms with Gasteiger partial charge in [0.1, 0.15) is 11.5 Å². The molecule has 1 aromatic carbocycles. The van der Waals surface area contributed by atoms with Gasteiger partial charge in [-0.05, 0) is 18.9 Å². The molecular weight excluding hydrogens is 302 g/mol. The average Bonchev–Trinajstić information content (AvgIpc) is 2.61. The monoisotopic (exact) mass is 325 g/mol. The van der Waals surface area contributed by atoms with Crippen molar-refractivity contribution in [3.05, 3.63) is 58.6 Å². The van der Waals surface area contributed by atoms with Gasteiger partial charge in [-0.15, -0.1) is 0 Å². The Balaban J connectivity index is 2.51. The molecule has 24 heavy (non-hydrogen) atoms. The van der Waals surface area contributed by atoms with Gasteiger partial charge in [-0.3, -0.25) is 0 Å². The molecule has 1 aromatic rings. The molecule has 0 aliphatic carbocycles. The SMILES string of the molecule is CCCCCC1=C(C#N)[C@H](c2ccccc2)C(C(=O)OC)=C(C)O1. The Labute approximate surface area is 143 Å². The van der Waals surface area contributed by atoms with Gasteiger partial charge < -0.3 is 9.47 Å². The molecule has 0 fully saturated rings. The fourth-order valence-corrected chi connectivity index (χ4v) is 3.00. The second kappa shape index (κ2) is 8.35. The minimum atomic E-state index is -0.457. The summed E-state index contributed by atoms with van der Waals surface area (Å²) in [4.78, 5) is 12.3. The highest BCUT2D eigenvalue weighted by atomic mass is 16.5. The van der Waals surface area contributed by atoms with Crippen LogP contribution in [-0.2, 0) is 14.3 Å². The van der Waals surface area contributed by atoms with Gasteiger partial charge in [-0.2, -0.15) is 5.26 Å². The number of esters is 1. The number of allylic oxidation sites excluding steroid dienone is 3. The molecule has 0 unspecified atom stereocenters. The quantitative estimate of drug-likeness (QED) is 0.566. The summed E-state index contributed by atoms with van der Waals surface area (Å²) >= 11 is 0. The van der Waals surface area contributed by atoms with Gasteiger partial charge in [0.05, 0.1) is 30.2 Å². The first-order chi connectivity index (χ1) is 11.6. The maximum absolute atomic E-state index is 12.3. The molecule has 0 bridgehead atoms. The van der Waals surface area contributed by atoms with E-state index in [2.05, 4.69) is 13.0 Å². The average molecular weight is 325 g/mol. The molecule has 0 amide bonds. The highest BCUT2D eigenvalue weighted by Gasteiger charge is 2.36. The zero-order chi connectivity index (χ0) is 17.5. The number of nitrogens with zero attached hydrogens (tertiary/aromatic N) is 1. The van der Waals surface area contributed by atoms with Crippen LogP contribution in [0.5, 0.6) is 0 Å². The van der Waals surface area contributed by atoms with Crippen molar-refractivity contribution in [3.8, 4) is 6.07 Å². The molecule has 0 spiro atoms. The van der Waals surface area contributed by atoms with E-state index >= 15 is 0 Å². The normalized spacial score (nSPS) is 17.3. The van der Waals surface area contributed by atoms with E-state index in [-0.39, 0.29) is 0 Å². The van der Waals surface area contributed by atoms with E-state index < -0.39 is 11.9 Å². The van der Waals surface area contributed by atoms with E-state index in [1.54, 1.807) is 6.92 Å². The molecule has 2 rings (SSSR count). The summed E-state index contributed by atoms with van der Waals surface area (Å²) in [6.07, 6.45) is 3.83. The smallest absolute Gasteiger partial charge is 0.338 e. The third-order valence-electron chi connectivity index (χ3n) is 4.20. The number of unbranched alkanes of at least 4 members (excludes halogenated alkanes) is 2. The fourth-order valence-electron chi connectivity index (χ4n) is 3.00. The minimum Gasteiger partial charge on any atom is -0.466 e. The molecule has 0 radical (unpaired) electrons. The maximum Gasteiger partial charge on any atom is 0.338 e. The number of hydrogen-bond acceptors (Lipinski definition) is 4. The van der Waals surface area contributed by atoms with Crippen molar-refractivity contribution in [2.45, 2.75) is 45.4 Å². The Bertz CT molecular complexity index is 695. The summed E-state index contributed by atoms with van der Waals surface area (Å²) in [6.45, 7) is 3.89. The van der Waals surface area contributed by atoms with Gasteiger partial charge >= 0.3 is 5.97 Å². The zero-order valence-electron chi connectivity index (χ0n) is 14.5. The zero-order valence-corrected chi connectivity index (χ0v) is 14.5. The second-order valence-corrected chi connectivity index (χ2v) is 5.81. The third-order valence-corrected chi connectivity index (χ3v) is 4.20. The van der Waals surface area contributed by atoms with Crippen molar-refractivity contribution in [2.24, 2.45) is 0 Å². The Hall–Kier alpha value is -2.54. The first-order valence-electron chi connectivity index (χ1n) is 8.29. The van der Waals surface area contributed by atoms with Crippen molar-refractivity contribution in [1.29, 1.82) is 5.26 Å². The van der Waals surface area contributed by atoms with Gasteiger partial charge in [0.15, 0.2) is 0 Å². The van der Waals surface area contributed by atoms with Gasteiger partial charge in [0, 0.05) is 6.42 Å². The van der Waals surface area contributed by atoms with Crippen molar-refractivity contribution in [1.82, 2.24) is 0 Å². The Morgan fingerprint density at radius 3 is 2.58 bits per heavy atom. The van der Waals surface area contributed by atoms with Crippen LogP contribution in [0.25, 0.3) is 0 Å². The van der Waals surface area contributed by atoms with Gasteiger partial charge in [-0.25, -0.2) is 4.79 Å². The lowest BCUT2D eigenvalue weighted by atomic mass is 9.81. The van der Waals surface area contributed by atoms with Gasteiger partial charge in [0.25, 0.3) is 0 Å². The summed E-state index contributed by atoms with van der Waals surface area (Å²) in [6, 6.07) is 11.8. The molecule has 0 N–H and O–H groups in total. The predicted octanol–water partition coefficient (Wildman–Crippen LogP) is 4.61. The van der Waals surface area contributed by atoms with Crippen molar-refractivity contribution in [3.63, 3.8) is 0 Å². The summed E-state index contributed by atoms with van der Waals surface area (Å²) in [5, 5.41) is 9.75. The van der Waals surface area contributed by atoms with E-state index in [1.807, 2.05) is 30.3 Å². The molecule has 4 heteroatoms. The van der Waals surface area contributed by atoms with Crippen molar-refractivity contribution < 1.29 is 14.3 Å². The van der Waals surface area contributed by atoms with Crippen LogP contribution in [0.2, 0.25) is 0 Å². The van der Waals surface area contributed by atoms with Crippen LogP contribution < -0.4 is 0 Å². The first-order valence-corrected chi connectivity index (χ1v) is 8.29. The standard InChI is InChI=1S/C20H23NO3/c1-4-5-7-12-17-16(13-21)19(15-10-8-6-9-11-15)18(14(2)24-17)20(22)23-3/h6,8-11,19H,4-5,7,12H2,1-3H3/t19-/m0/s1. The van der Waals surface area contributed by atoms with E-state index in [0.717, 1.165) is 24.8 Å². The number of nitriles is 1. The molecule has 4 nitrogen and oxygen atoms in total. The number of carbonyl (C=O) groups excluding carboxylic acids is 1. The van der Waals surface area contributed by atoms with Crippen LogP contribution in [0.3, 0.4) is 0 Å². The molecule has 1 aliphatic rings. The van der Waals surface area contributed by atoms with E-state index in [1.165, 1.54) is 7.11 Å². The first kappa shape index (κ1) is 17.8. The molecule has 126 valence electrons. The van der Waals surface area contributed by atoms with Crippen molar-refractivity contribution >= 4 is 5.97 Å². The molecule has 0 saturated carbocycles. The fraction of sp³-hybridized carbons (Fsp3) is 0.400. The number of ether oxygens (including phenoxy) is 2. The number of carbonyl (C=O) groups is 1. The van der Waals surface area contributed by atoms with E-state index in [4.69, 9.17) is 9.47 Å². The van der Waals surface area contributed by atoms with E-state index in [0.29, 0.717) is 29.1 Å². The highest BCUT2D eigenvalue weighted by Crippen LogP contribution is 2.41. The molecule has 1 heterocycles. The summed E-state index contributed by atoms with van der Waals surface area (Å²) in [7, 11) is 1.34. The summed E-state index contributed by atoms with van der Waals surface area (Å²) < 4.78 is 10.8. The summed E-state index contributed by atoms with van der Waals surface area (Å²) in [5.74, 6) is 0.293. The summed E-state index contributed by atoms with van der Waals surface area (Å²) in [5.41, 5.74) is 1.80. The topological polar surface area (TPSA) is 59.3 Å². The lowest BCUT2D eigenvalue weighted by Crippen LogP contribution is -2.22.